The first kappa shape index (κ1) is 19.3. The highest BCUT2D eigenvalue weighted by Crippen LogP contribution is 2.24. The van der Waals surface area contributed by atoms with Crippen molar-refractivity contribution in [3.05, 3.63) is 51.8 Å². The summed E-state index contributed by atoms with van der Waals surface area (Å²) in [7, 11) is -0.717. The molecule has 2 aromatic heterocycles. The van der Waals surface area contributed by atoms with Crippen LogP contribution in [0.2, 0.25) is 0 Å². The highest BCUT2D eigenvalue weighted by molar-refractivity contribution is 7.89. The molecule has 0 amide bonds. The van der Waals surface area contributed by atoms with E-state index in [1.165, 1.54) is 27.7 Å². The van der Waals surface area contributed by atoms with Gasteiger partial charge in [-0.25, -0.2) is 22.6 Å². The van der Waals surface area contributed by atoms with Gasteiger partial charge in [0.15, 0.2) is 5.82 Å². The Bertz CT molecular complexity index is 1100. The van der Waals surface area contributed by atoms with E-state index in [-0.39, 0.29) is 29.4 Å². The summed E-state index contributed by atoms with van der Waals surface area (Å²) in [5, 5.41) is 6.21. The standard InChI is InChI=1S/C17H20N4O4S2/c1-12-6-7-13(25-3)15(11-12)27(23,24)18-8-9-21-17(22)20(2)16(19-21)14-5-4-10-26-14/h4-7,10-11,18H,8-9H2,1-3H3. The molecule has 0 aliphatic carbocycles. The van der Waals surface area contributed by atoms with Gasteiger partial charge in [0.25, 0.3) is 0 Å². The zero-order chi connectivity index (χ0) is 19.6. The van der Waals surface area contributed by atoms with Crippen LogP contribution in [0.3, 0.4) is 0 Å². The maximum Gasteiger partial charge on any atom is 0.345 e. The van der Waals surface area contributed by atoms with Crippen LogP contribution in [0.15, 0.2) is 45.4 Å². The monoisotopic (exact) mass is 408 g/mol. The van der Waals surface area contributed by atoms with Crippen molar-refractivity contribution in [2.75, 3.05) is 13.7 Å². The third-order valence-electron chi connectivity index (χ3n) is 4.01. The summed E-state index contributed by atoms with van der Waals surface area (Å²) in [6.07, 6.45) is 0. The fraction of sp³-hybridized carbons (Fsp3) is 0.294. The summed E-state index contributed by atoms with van der Waals surface area (Å²) in [5.41, 5.74) is 0.503. The number of aromatic nitrogens is 3. The van der Waals surface area contributed by atoms with E-state index in [2.05, 4.69) is 9.82 Å². The molecule has 1 aromatic carbocycles. The zero-order valence-electron chi connectivity index (χ0n) is 15.2. The molecule has 0 spiro atoms. The van der Waals surface area contributed by atoms with Gasteiger partial charge in [-0.05, 0) is 36.1 Å². The van der Waals surface area contributed by atoms with E-state index >= 15 is 0 Å². The van der Waals surface area contributed by atoms with E-state index in [4.69, 9.17) is 4.74 Å². The van der Waals surface area contributed by atoms with Crippen LogP contribution in [0.25, 0.3) is 10.7 Å². The van der Waals surface area contributed by atoms with Gasteiger partial charge >= 0.3 is 5.69 Å². The van der Waals surface area contributed by atoms with Gasteiger partial charge in [0.05, 0.1) is 18.5 Å². The molecule has 2 heterocycles. The van der Waals surface area contributed by atoms with E-state index in [0.29, 0.717) is 5.82 Å². The van der Waals surface area contributed by atoms with Crippen molar-refractivity contribution >= 4 is 21.4 Å². The van der Waals surface area contributed by atoms with Crippen LogP contribution in [0, 0.1) is 6.92 Å². The van der Waals surface area contributed by atoms with Crippen LogP contribution in [-0.4, -0.2) is 36.4 Å². The number of hydrogen-bond donors (Lipinski definition) is 1. The second-order valence-electron chi connectivity index (χ2n) is 5.92. The average Bonchev–Trinajstić information content (AvgIpc) is 3.25. The lowest BCUT2D eigenvalue weighted by atomic mass is 10.2. The van der Waals surface area contributed by atoms with Gasteiger partial charge in [0, 0.05) is 13.6 Å². The van der Waals surface area contributed by atoms with Gasteiger partial charge in [-0.2, -0.15) is 0 Å². The summed E-state index contributed by atoms with van der Waals surface area (Å²) < 4.78 is 35.5. The predicted molar refractivity (Wildman–Crippen MR) is 104 cm³/mol. The molecule has 0 saturated heterocycles. The Labute approximate surface area is 161 Å². The Balaban J connectivity index is 1.76. The zero-order valence-corrected chi connectivity index (χ0v) is 16.8. The molecule has 3 aromatic rings. The van der Waals surface area contributed by atoms with E-state index < -0.39 is 10.0 Å². The first-order chi connectivity index (χ1) is 12.8. The second kappa shape index (κ2) is 7.67. The molecular formula is C17H20N4O4S2. The van der Waals surface area contributed by atoms with Crippen molar-refractivity contribution in [3.63, 3.8) is 0 Å². The fourth-order valence-corrected chi connectivity index (χ4v) is 4.63. The van der Waals surface area contributed by atoms with Crippen LogP contribution in [-0.2, 0) is 23.6 Å². The fourth-order valence-electron chi connectivity index (χ4n) is 2.61. The maximum absolute atomic E-state index is 12.6. The largest absolute Gasteiger partial charge is 0.495 e. The van der Waals surface area contributed by atoms with Crippen LogP contribution in [0.1, 0.15) is 5.56 Å². The van der Waals surface area contributed by atoms with Crippen molar-refractivity contribution in [1.29, 1.82) is 0 Å². The van der Waals surface area contributed by atoms with Crippen molar-refractivity contribution in [3.8, 4) is 16.5 Å². The molecule has 10 heteroatoms. The number of benzene rings is 1. The molecule has 0 unspecified atom stereocenters. The molecular weight excluding hydrogens is 388 g/mol. The van der Waals surface area contributed by atoms with E-state index in [9.17, 15) is 13.2 Å². The van der Waals surface area contributed by atoms with Crippen LogP contribution in [0.5, 0.6) is 5.75 Å². The first-order valence-electron chi connectivity index (χ1n) is 8.15. The quantitative estimate of drug-likeness (QED) is 0.641. The second-order valence-corrected chi connectivity index (χ2v) is 8.60. The molecule has 1 N–H and O–H groups in total. The number of rotatable bonds is 7. The van der Waals surface area contributed by atoms with Crippen molar-refractivity contribution in [1.82, 2.24) is 19.1 Å². The van der Waals surface area contributed by atoms with Gasteiger partial charge in [0.2, 0.25) is 10.0 Å². The topological polar surface area (TPSA) is 95.2 Å². The van der Waals surface area contributed by atoms with Crippen molar-refractivity contribution in [2.45, 2.75) is 18.4 Å². The molecule has 27 heavy (non-hydrogen) atoms. The van der Waals surface area contributed by atoms with Crippen LogP contribution >= 0.6 is 11.3 Å². The lowest BCUT2D eigenvalue weighted by molar-refractivity contribution is 0.402. The highest BCUT2D eigenvalue weighted by atomic mass is 32.2. The average molecular weight is 409 g/mol. The minimum Gasteiger partial charge on any atom is -0.495 e. The summed E-state index contributed by atoms with van der Waals surface area (Å²) in [6.45, 7) is 1.95. The Morgan fingerprint density at radius 1 is 1.30 bits per heavy atom. The number of methoxy groups -OCH3 is 1. The van der Waals surface area contributed by atoms with E-state index in [1.807, 2.05) is 17.5 Å². The minimum atomic E-state index is -3.78. The number of ether oxygens (including phenoxy) is 1. The summed E-state index contributed by atoms with van der Waals surface area (Å²) in [4.78, 5) is 13.3. The number of nitrogens with one attached hydrogen (secondary N) is 1. The Morgan fingerprint density at radius 2 is 2.07 bits per heavy atom. The SMILES string of the molecule is COc1ccc(C)cc1S(=O)(=O)NCCn1nc(-c2cccs2)n(C)c1=O. The smallest absolute Gasteiger partial charge is 0.345 e. The Hall–Kier alpha value is -2.43. The van der Waals surface area contributed by atoms with E-state index in [0.717, 1.165) is 10.4 Å². The molecule has 3 rings (SSSR count). The van der Waals surface area contributed by atoms with Crippen LogP contribution < -0.4 is 15.1 Å². The lowest BCUT2D eigenvalue weighted by Crippen LogP contribution is -2.32. The highest BCUT2D eigenvalue weighted by Gasteiger charge is 2.20. The molecule has 0 fully saturated rings. The predicted octanol–water partition coefficient (Wildman–Crippen LogP) is 1.61. The summed E-state index contributed by atoms with van der Waals surface area (Å²) in [6, 6.07) is 8.69. The molecule has 0 radical (unpaired) electrons. The molecule has 0 atom stereocenters. The number of aryl methyl sites for hydroxylation is 1. The molecule has 144 valence electrons. The number of nitrogens with zero attached hydrogens (tertiary/aromatic N) is 3. The first-order valence-corrected chi connectivity index (χ1v) is 10.5. The van der Waals surface area contributed by atoms with Gasteiger partial charge in [-0.3, -0.25) is 4.57 Å². The summed E-state index contributed by atoms with van der Waals surface area (Å²) in [5.74, 6) is 0.821. The minimum absolute atomic E-state index is 0.0280. The normalized spacial score (nSPS) is 11.7. The van der Waals surface area contributed by atoms with Gasteiger partial charge in [-0.15, -0.1) is 16.4 Å². The number of hydrogen-bond acceptors (Lipinski definition) is 6. The summed E-state index contributed by atoms with van der Waals surface area (Å²) >= 11 is 1.48. The Kier molecular flexibility index (Phi) is 5.49. The van der Waals surface area contributed by atoms with E-state index in [1.54, 1.807) is 32.2 Å². The van der Waals surface area contributed by atoms with Crippen molar-refractivity contribution in [2.24, 2.45) is 7.05 Å². The van der Waals surface area contributed by atoms with Crippen molar-refractivity contribution < 1.29 is 13.2 Å². The van der Waals surface area contributed by atoms with Gasteiger partial charge in [-0.1, -0.05) is 12.1 Å². The third-order valence-corrected chi connectivity index (χ3v) is 6.35. The maximum atomic E-state index is 12.6. The Morgan fingerprint density at radius 3 is 2.74 bits per heavy atom. The lowest BCUT2D eigenvalue weighted by Gasteiger charge is -2.11. The molecule has 8 nitrogen and oxygen atoms in total. The molecule has 0 bridgehead atoms. The number of thiophene rings is 1. The van der Waals surface area contributed by atoms with Crippen LogP contribution in [0.4, 0.5) is 0 Å². The third kappa shape index (κ3) is 3.97. The van der Waals surface area contributed by atoms with Gasteiger partial charge < -0.3 is 4.74 Å². The molecule has 0 saturated carbocycles. The molecule has 0 aliphatic rings. The molecule has 0 aliphatic heterocycles. The number of sulfonamides is 1. The van der Waals surface area contributed by atoms with Gasteiger partial charge in [0.1, 0.15) is 10.6 Å².